The molecule has 0 spiro atoms. The van der Waals surface area contributed by atoms with Gasteiger partial charge in [0.05, 0.1) is 0 Å². The molecule has 0 unspecified atom stereocenters. The topological polar surface area (TPSA) is 9.23 Å². The second-order valence-electron chi connectivity index (χ2n) is 1.70. The number of unbranched alkanes of at least 4 members (excludes halogenated alkanes) is 2. The van der Waals surface area contributed by atoms with Crippen LogP contribution in [0.5, 0.6) is 0 Å². The van der Waals surface area contributed by atoms with E-state index in [-0.39, 0.29) is 20.3 Å². The fourth-order valence-electron chi connectivity index (χ4n) is 0.496. The van der Waals surface area contributed by atoms with Crippen molar-refractivity contribution in [2.45, 2.75) is 26.2 Å². The van der Waals surface area contributed by atoms with Gasteiger partial charge in [-0.05, 0) is 6.42 Å². The van der Waals surface area contributed by atoms with E-state index in [2.05, 4.69) is 6.92 Å². The first-order valence-electron chi connectivity index (χ1n) is 2.90. The van der Waals surface area contributed by atoms with Crippen LogP contribution in [0, 0.1) is 0 Å². The maximum absolute atomic E-state index is 4.98. The molecule has 0 saturated carbocycles. The summed E-state index contributed by atoms with van der Waals surface area (Å²) in [6.45, 7) is 3.19. The molecule has 0 aromatic heterocycles. The zero-order valence-corrected chi connectivity index (χ0v) is 8.24. The molecule has 0 N–H and O–H groups in total. The van der Waals surface area contributed by atoms with Gasteiger partial charge in [-0.1, -0.05) is 19.8 Å². The van der Waals surface area contributed by atoms with Crippen molar-refractivity contribution >= 4 is 16.6 Å². The van der Waals surface area contributed by atoms with Gasteiger partial charge >= 0.3 is 35.5 Å². The third kappa shape index (κ3) is 10.1. The Morgan fingerprint density at radius 2 is 2.12 bits per heavy atom. The summed E-state index contributed by atoms with van der Waals surface area (Å²) in [4.78, 5) is 0. The summed E-state index contributed by atoms with van der Waals surface area (Å²) in [5.74, 6) is 0. The second-order valence-corrected chi connectivity index (χ2v) is 2.28. The quantitative estimate of drug-likeness (QED) is 0.307. The predicted molar refractivity (Wildman–Crippen MR) is 35.1 cm³/mol. The molecule has 0 fully saturated rings. The first-order valence-corrected chi connectivity index (χ1v) is 3.72. The van der Waals surface area contributed by atoms with Crippen LogP contribution in [0.4, 0.5) is 0 Å². The van der Waals surface area contributed by atoms with E-state index in [1.165, 1.54) is 19.3 Å². The van der Waals surface area contributed by atoms with E-state index < -0.39 is 0 Å². The molecule has 0 aliphatic carbocycles. The molecule has 1 nitrogen and oxygen atoms in total. The Bertz CT molecular complexity index is 36.1. The molecular weight excluding hydrogens is 110 g/mol. The van der Waals surface area contributed by atoms with Crippen LogP contribution in [0.1, 0.15) is 27.6 Å². The summed E-state index contributed by atoms with van der Waals surface area (Å²) in [7, 11) is 0. The molecule has 0 heterocycles. The Morgan fingerprint density at radius 3 is 2.50 bits per heavy atom. The fourth-order valence-corrected chi connectivity index (χ4v) is 0.785. The van der Waals surface area contributed by atoms with Crippen LogP contribution in [-0.2, 0) is 3.79 Å². The Kier molecular flexibility index (Phi) is 16.2. The van der Waals surface area contributed by atoms with Gasteiger partial charge in [-0.2, -0.15) is 0 Å². The molecule has 0 saturated heterocycles. The second kappa shape index (κ2) is 11.0. The van der Waals surface area contributed by atoms with E-state index in [1.807, 2.05) is 0 Å². The van der Waals surface area contributed by atoms with E-state index in [0.29, 0.717) is 0 Å². The molecule has 0 aromatic rings. The molecule has 0 aromatic carbocycles. The van der Waals surface area contributed by atoms with Crippen LogP contribution in [0.2, 0.25) is 0 Å². The summed E-state index contributed by atoms with van der Waals surface area (Å²) < 4.78 is 4.98. The Hall–Kier alpha value is 1.09. The molecule has 0 aliphatic rings. The maximum Gasteiger partial charge on any atom is 1.00 e. The minimum atomic E-state index is 0. The number of rotatable bonds is 4. The van der Waals surface area contributed by atoms with Gasteiger partial charge in [-0.15, -0.1) is 0 Å². The summed E-state index contributed by atoms with van der Waals surface area (Å²) in [5, 5.41) is 0. The van der Waals surface area contributed by atoms with E-state index in [1.54, 1.807) is 0 Å². The molecule has 3 heteroatoms. The summed E-state index contributed by atoms with van der Waals surface area (Å²) in [6, 6.07) is 0. The van der Waals surface area contributed by atoms with Crippen LogP contribution >= 0.6 is 0 Å². The Balaban J connectivity index is -0.000000180. The molecular formula is C5H14AlLiO. The normalized spacial score (nSPS) is 8.12. The van der Waals surface area contributed by atoms with Gasteiger partial charge in [-0.25, -0.2) is 0 Å². The molecule has 0 bridgehead atoms. The minimum Gasteiger partial charge on any atom is -1.00 e. The van der Waals surface area contributed by atoms with Gasteiger partial charge in [0.25, 0.3) is 0 Å². The van der Waals surface area contributed by atoms with Crippen molar-refractivity contribution in [2.24, 2.45) is 0 Å². The monoisotopic (exact) mass is 124 g/mol. The molecule has 0 aliphatic heterocycles. The molecule has 0 radical (unpaired) electrons. The van der Waals surface area contributed by atoms with E-state index in [9.17, 15) is 0 Å². The largest absolute Gasteiger partial charge is 1.00 e. The van der Waals surface area contributed by atoms with Gasteiger partial charge < -0.3 is 5.22 Å². The third-order valence-corrected chi connectivity index (χ3v) is 1.36. The Morgan fingerprint density at radius 1 is 1.50 bits per heavy atom. The molecule has 0 atom stereocenters. The van der Waals surface area contributed by atoms with Crippen LogP contribution in [0.25, 0.3) is 0 Å². The standard InChI is InChI=1S/C5H11O.Al.Li.3H/c1-2-3-4-5-6;;;;;/h2-5H2,1H3;;;;;/q-1;2*+1;;;-1. The molecule has 0 amide bonds. The molecule has 44 valence electrons. The summed E-state index contributed by atoms with van der Waals surface area (Å²) in [6.07, 6.45) is 3.87. The van der Waals surface area contributed by atoms with Crippen molar-refractivity contribution in [3.63, 3.8) is 0 Å². The molecule has 0 rings (SSSR count). The van der Waals surface area contributed by atoms with Crippen molar-refractivity contribution in [3.8, 4) is 0 Å². The van der Waals surface area contributed by atoms with Crippen molar-refractivity contribution < 1.29 is 24.1 Å². The van der Waals surface area contributed by atoms with Gasteiger partial charge in [0.1, 0.15) is 0 Å². The zero-order chi connectivity index (χ0) is 5.54. The minimum absolute atomic E-state index is 0. The van der Waals surface area contributed by atoms with Crippen LogP contribution in [0.15, 0.2) is 0 Å². The first kappa shape index (κ1) is 11.8. The summed E-state index contributed by atoms with van der Waals surface area (Å²) in [5.41, 5.74) is 0. The van der Waals surface area contributed by atoms with E-state index >= 15 is 0 Å². The van der Waals surface area contributed by atoms with E-state index in [0.717, 1.165) is 23.2 Å². The van der Waals surface area contributed by atoms with Gasteiger partial charge in [0.2, 0.25) is 0 Å². The van der Waals surface area contributed by atoms with Crippen molar-refractivity contribution in [2.75, 3.05) is 6.61 Å². The fraction of sp³-hybridized carbons (Fsp3) is 1.00. The maximum atomic E-state index is 4.98. The van der Waals surface area contributed by atoms with E-state index in [4.69, 9.17) is 3.79 Å². The van der Waals surface area contributed by atoms with Gasteiger partial charge in [-0.3, -0.25) is 0 Å². The Labute approximate surface area is 73.6 Å². The SMILES string of the molecule is CCCCC[O][AlH2].[H-].[Li+]. The van der Waals surface area contributed by atoms with Crippen molar-refractivity contribution in [1.29, 1.82) is 0 Å². The predicted octanol–water partition coefficient (Wildman–Crippen LogP) is -2.14. The molecule has 8 heavy (non-hydrogen) atoms. The smallest absolute Gasteiger partial charge is 1.00 e. The van der Waals surface area contributed by atoms with Crippen LogP contribution in [-0.4, -0.2) is 23.2 Å². The zero-order valence-electron chi connectivity index (χ0n) is 7.24. The van der Waals surface area contributed by atoms with Gasteiger partial charge in [0.15, 0.2) is 0 Å². The average Bonchev–Trinajstić information content (AvgIpc) is 1.69. The first-order chi connectivity index (χ1) is 3.41. The van der Waals surface area contributed by atoms with Crippen molar-refractivity contribution in [1.82, 2.24) is 0 Å². The third-order valence-electron chi connectivity index (χ3n) is 0.952. The van der Waals surface area contributed by atoms with Gasteiger partial charge in [0, 0.05) is 6.61 Å². The number of hydrogen-bond acceptors (Lipinski definition) is 1. The average molecular weight is 124 g/mol. The summed E-state index contributed by atoms with van der Waals surface area (Å²) >= 11 is 0.906. The number of hydrogen-bond donors (Lipinski definition) is 0. The van der Waals surface area contributed by atoms with Crippen LogP contribution < -0.4 is 18.9 Å². The van der Waals surface area contributed by atoms with Crippen molar-refractivity contribution in [3.05, 3.63) is 0 Å². The van der Waals surface area contributed by atoms with Crippen LogP contribution in [0.3, 0.4) is 0 Å².